The van der Waals surface area contributed by atoms with Crippen LogP contribution in [0.2, 0.25) is 15.3 Å². The summed E-state index contributed by atoms with van der Waals surface area (Å²) in [5, 5.41) is 0.840. The van der Waals surface area contributed by atoms with E-state index in [-0.39, 0.29) is 16.9 Å². The fraction of sp³-hybridized carbons (Fsp3) is 0. The molecule has 0 spiro atoms. The smallest absolute Gasteiger partial charge is 0.247 e. The SMILES string of the molecule is Nc1cnc(Cl)nc1Oc1cc(Cl)c(Br)cc1Cl. The van der Waals surface area contributed by atoms with Crippen molar-refractivity contribution in [2.75, 3.05) is 5.73 Å². The van der Waals surface area contributed by atoms with Crippen LogP contribution in [-0.4, -0.2) is 9.97 Å². The molecule has 2 aromatic rings. The van der Waals surface area contributed by atoms with E-state index in [1.165, 1.54) is 6.20 Å². The molecule has 0 amide bonds. The first kappa shape index (κ1) is 13.7. The van der Waals surface area contributed by atoms with Crippen LogP contribution in [-0.2, 0) is 0 Å². The molecule has 94 valence electrons. The van der Waals surface area contributed by atoms with E-state index >= 15 is 0 Å². The van der Waals surface area contributed by atoms with Crippen molar-refractivity contribution in [1.29, 1.82) is 0 Å². The average Bonchev–Trinajstić information content (AvgIpc) is 2.30. The minimum atomic E-state index is 0.0264. The molecule has 1 aromatic heterocycles. The van der Waals surface area contributed by atoms with Crippen LogP contribution in [0.4, 0.5) is 5.69 Å². The van der Waals surface area contributed by atoms with Crippen molar-refractivity contribution in [2.45, 2.75) is 0 Å². The molecule has 4 nitrogen and oxygen atoms in total. The van der Waals surface area contributed by atoms with Gasteiger partial charge in [-0.3, -0.25) is 0 Å². The van der Waals surface area contributed by atoms with Crippen molar-refractivity contribution in [3.05, 3.63) is 38.1 Å². The topological polar surface area (TPSA) is 61.0 Å². The van der Waals surface area contributed by atoms with Crippen LogP contribution in [0.15, 0.2) is 22.8 Å². The number of rotatable bonds is 2. The first-order valence-corrected chi connectivity index (χ1v) is 6.50. The highest BCUT2D eigenvalue weighted by Crippen LogP contribution is 2.37. The van der Waals surface area contributed by atoms with E-state index in [4.69, 9.17) is 45.3 Å². The van der Waals surface area contributed by atoms with Gasteiger partial charge in [0.25, 0.3) is 0 Å². The lowest BCUT2D eigenvalue weighted by molar-refractivity contribution is 0.464. The fourth-order valence-electron chi connectivity index (χ4n) is 1.12. The number of nitrogens with zero attached hydrogens (tertiary/aromatic N) is 2. The highest BCUT2D eigenvalue weighted by Gasteiger charge is 2.11. The summed E-state index contributed by atoms with van der Waals surface area (Å²) in [6.07, 6.45) is 1.35. The molecular formula is C10H5BrCl3N3O. The molecule has 2 N–H and O–H groups in total. The average molecular weight is 369 g/mol. The lowest BCUT2D eigenvalue weighted by atomic mass is 10.3. The molecule has 1 heterocycles. The summed E-state index contributed by atoms with van der Waals surface area (Å²) in [5.41, 5.74) is 5.91. The molecule has 0 radical (unpaired) electrons. The molecule has 18 heavy (non-hydrogen) atoms. The minimum absolute atomic E-state index is 0.0264. The Labute approximate surface area is 126 Å². The predicted molar refractivity (Wildman–Crippen MR) is 75.7 cm³/mol. The van der Waals surface area contributed by atoms with Crippen molar-refractivity contribution in [3.8, 4) is 11.6 Å². The van der Waals surface area contributed by atoms with E-state index in [9.17, 15) is 0 Å². The number of hydrogen-bond acceptors (Lipinski definition) is 4. The standard InChI is InChI=1S/C10H5BrCl3N3O/c11-4-1-6(13)8(2-5(4)12)18-9-7(15)3-16-10(14)17-9/h1-3H,15H2. The first-order chi connectivity index (χ1) is 8.47. The fourth-order valence-corrected chi connectivity index (χ4v) is 2.08. The summed E-state index contributed by atoms with van der Waals surface area (Å²) >= 11 is 20.9. The summed E-state index contributed by atoms with van der Waals surface area (Å²) in [4.78, 5) is 7.57. The third kappa shape index (κ3) is 2.98. The third-order valence-corrected chi connectivity index (χ3v) is 3.61. The number of benzene rings is 1. The number of anilines is 1. The van der Waals surface area contributed by atoms with Gasteiger partial charge in [-0.2, -0.15) is 4.98 Å². The molecule has 0 bridgehead atoms. The maximum absolute atomic E-state index is 6.01. The van der Waals surface area contributed by atoms with Gasteiger partial charge in [0, 0.05) is 10.5 Å². The van der Waals surface area contributed by atoms with Crippen LogP contribution in [0.5, 0.6) is 11.6 Å². The lowest BCUT2D eigenvalue weighted by Crippen LogP contribution is -1.97. The molecular weight excluding hydrogens is 364 g/mol. The van der Waals surface area contributed by atoms with Gasteiger partial charge in [-0.25, -0.2) is 4.98 Å². The lowest BCUT2D eigenvalue weighted by Gasteiger charge is -2.09. The summed E-state index contributed by atoms with van der Waals surface area (Å²) in [7, 11) is 0. The third-order valence-electron chi connectivity index (χ3n) is 1.93. The summed E-state index contributed by atoms with van der Waals surface area (Å²) < 4.78 is 6.12. The van der Waals surface area contributed by atoms with Crippen LogP contribution in [0.25, 0.3) is 0 Å². The van der Waals surface area contributed by atoms with Gasteiger partial charge in [-0.05, 0) is 33.6 Å². The number of nitrogen functional groups attached to an aromatic ring is 1. The summed E-state index contributed by atoms with van der Waals surface area (Å²) in [6.45, 7) is 0. The van der Waals surface area contributed by atoms with Crippen LogP contribution in [0, 0.1) is 0 Å². The molecule has 0 unspecified atom stereocenters. The van der Waals surface area contributed by atoms with Crippen LogP contribution >= 0.6 is 50.7 Å². The highest BCUT2D eigenvalue weighted by atomic mass is 79.9. The quantitative estimate of drug-likeness (QED) is 0.622. The van der Waals surface area contributed by atoms with Crippen molar-refractivity contribution in [3.63, 3.8) is 0 Å². The second-order valence-electron chi connectivity index (χ2n) is 3.20. The van der Waals surface area contributed by atoms with Gasteiger partial charge in [-0.15, -0.1) is 0 Å². The number of hydrogen-bond donors (Lipinski definition) is 1. The maximum Gasteiger partial charge on any atom is 0.247 e. The van der Waals surface area contributed by atoms with E-state index in [1.54, 1.807) is 12.1 Å². The maximum atomic E-state index is 6.01. The van der Waals surface area contributed by atoms with Gasteiger partial charge in [0.1, 0.15) is 11.4 Å². The first-order valence-electron chi connectivity index (χ1n) is 4.58. The molecule has 0 fully saturated rings. The number of nitrogens with two attached hydrogens (primary N) is 1. The van der Waals surface area contributed by atoms with Gasteiger partial charge in [0.2, 0.25) is 11.2 Å². The van der Waals surface area contributed by atoms with E-state index in [2.05, 4.69) is 25.9 Å². The molecule has 0 saturated carbocycles. The van der Waals surface area contributed by atoms with E-state index in [0.717, 1.165) is 0 Å². The predicted octanol–water partition coefficient (Wildman–Crippen LogP) is 4.57. The minimum Gasteiger partial charge on any atom is -0.435 e. The molecule has 0 aliphatic heterocycles. The molecule has 1 aromatic carbocycles. The normalized spacial score (nSPS) is 10.4. The van der Waals surface area contributed by atoms with Gasteiger partial charge in [0.05, 0.1) is 16.2 Å². The Morgan fingerprint density at radius 3 is 2.61 bits per heavy atom. The summed E-state index contributed by atoms with van der Waals surface area (Å²) in [6, 6.07) is 3.15. The van der Waals surface area contributed by atoms with Crippen molar-refractivity contribution in [1.82, 2.24) is 9.97 Å². The Hall–Kier alpha value is -0.750. The largest absolute Gasteiger partial charge is 0.435 e. The summed E-state index contributed by atoms with van der Waals surface area (Å²) in [5.74, 6) is 0.446. The van der Waals surface area contributed by atoms with Crippen molar-refractivity contribution in [2.24, 2.45) is 0 Å². The second-order valence-corrected chi connectivity index (χ2v) is 5.21. The molecule has 0 saturated heterocycles. The number of ether oxygens (including phenoxy) is 1. The number of aromatic nitrogens is 2. The van der Waals surface area contributed by atoms with Gasteiger partial charge < -0.3 is 10.5 Å². The van der Waals surface area contributed by atoms with E-state index in [1.807, 2.05) is 0 Å². The zero-order chi connectivity index (χ0) is 13.3. The molecule has 0 aliphatic rings. The van der Waals surface area contributed by atoms with Crippen molar-refractivity contribution < 1.29 is 4.74 Å². The van der Waals surface area contributed by atoms with E-state index < -0.39 is 0 Å². The van der Waals surface area contributed by atoms with Gasteiger partial charge >= 0.3 is 0 Å². The molecule has 0 atom stereocenters. The Morgan fingerprint density at radius 1 is 1.17 bits per heavy atom. The van der Waals surface area contributed by atoms with Crippen LogP contribution in [0.3, 0.4) is 0 Å². The zero-order valence-electron chi connectivity index (χ0n) is 8.62. The van der Waals surface area contributed by atoms with Crippen LogP contribution < -0.4 is 10.5 Å². The zero-order valence-corrected chi connectivity index (χ0v) is 12.5. The van der Waals surface area contributed by atoms with Gasteiger partial charge in [-0.1, -0.05) is 23.2 Å². The Balaban J connectivity index is 2.40. The Morgan fingerprint density at radius 2 is 1.89 bits per heavy atom. The monoisotopic (exact) mass is 367 g/mol. The van der Waals surface area contributed by atoms with E-state index in [0.29, 0.717) is 20.3 Å². The Kier molecular flexibility index (Phi) is 4.17. The molecule has 2 rings (SSSR count). The molecule has 0 aliphatic carbocycles. The molecule has 8 heteroatoms. The second kappa shape index (κ2) is 5.48. The van der Waals surface area contributed by atoms with Gasteiger partial charge in [0.15, 0.2) is 0 Å². The van der Waals surface area contributed by atoms with Crippen LogP contribution in [0.1, 0.15) is 0 Å². The van der Waals surface area contributed by atoms with Crippen molar-refractivity contribution >= 4 is 56.4 Å². The number of halogens is 4. The highest BCUT2D eigenvalue weighted by molar-refractivity contribution is 9.10. The Bertz CT molecular complexity index is 609.